The summed E-state index contributed by atoms with van der Waals surface area (Å²) in [6, 6.07) is 12.8. The zero-order valence-electron chi connectivity index (χ0n) is 12.4. The van der Waals surface area contributed by atoms with Gasteiger partial charge in [0.15, 0.2) is 5.78 Å². The Bertz CT molecular complexity index is 634. The molecule has 104 valence electrons. The highest BCUT2D eigenvalue weighted by Gasteiger charge is 2.22. The van der Waals surface area contributed by atoms with Gasteiger partial charge in [0, 0.05) is 16.7 Å². The van der Waals surface area contributed by atoms with Crippen LogP contribution in [0.5, 0.6) is 5.75 Å². The second-order valence-electron chi connectivity index (χ2n) is 6.13. The Hall–Kier alpha value is -2.09. The van der Waals surface area contributed by atoms with Crippen LogP contribution in [0.25, 0.3) is 0 Å². The maximum atomic E-state index is 12.5. The molecule has 2 rings (SSSR count). The van der Waals surface area contributed by atoms with Crippen molar-refractivity contribution in [3.05, 3.63) is 64.7 Å². The van der Waals surface area contributed by atoms with Gasteiger partial charge in [0.1, 0.15) is 5.75 Å². The molecular formula is C18H20O2. The first-order valence-electron chi connectivity index (χ1n) is 6.74. The van der Waals surface area contributed by atoms with Crippen molar-refractivity contribution in [3.63, 3.8) is 0 Å². The molecule has 2 nitrogen and oxygen atoms in total. The van der Waals surface area contributed by atoms with Gasteiger partial charge in [-0.05, 0) is 30.0 Å². The maximum Gasteiger partial charge on any atom is 0.193 e. The molecule has 2 aromatic rings. The normalized spacial score (nSPS) is 11.4. The van der Waals surface area contributed by atoms with E-state index in [1.807, 2.05) is 45.9 Å². The Morgan fingerprint density at radius 1 is 1.00 bits per heavy atom. The smallest absolute Gasteiger partial charge is 0.193 e. The molecule has 20 heavy (non-hydrogen) atoms. The summed E-state index contributed by atoms with van der Waals surface area (Å²) >= 11 is 0. The molecule has 1 N–H and O–H groups in total. The summed E-state index contributed by atoms with van der Waals surface area (Å²) in [5, 5.41) is 10.2. The molecule has 0 unspecified atom stereocenters. The van der Waals surface area contributed by atoms with Gasteiger partial charge in [-0.2, -0.15) is 0 Å². The van der Waals surface area contributed by atoms with Crippen molar-refractivity contribution in [2.75, 3.05) is 0 Å². The van der Waals surface area contributed by atoms with Gasteiger partial charge in [0.2, 0.25) is 0 Å². The number of phenolic OH excluding ortho intramolecular Hbond substituents is 1. The van der Waals surface area contributed by atoms with E-state index in [0.29, 0.717) is 11.1 Å². The van der Waals surface area contributed by atoms with Crippen LogP contribution in [0.1, 0.15) is 47.8 Å². The Morgan fingerprint density at radius 2 is 1.60 bits per heavy atom. The summed E-state index contributed by atoms with van der Waals surface area (Å²) in [7, 11) is 0. The van der Waals surface area contributed by atoms with Gasteiger partial charge >= 0.3 is 0 Å². The number of ketones is 1. The van der Waals surface area contributed by atoms with Crippen LogP contribution in [0.15, 0.2) is 42.5 Å². The van der Waals surface area contributed by atoms with E-state index >= 15 is 0 Å². The summed E-state index contributed by atoms with van der Waals surface area (Å²) in [6.07, 6.45) is 0. The molecule has 2 heteroatoms. The second kappa shape index (κ2) is 5.12. The summed E-state index contributed by atoms with van der Waals surface area (Å²) in [5.41, 5.74) is 2.62. The van der Waals surface area contributed by atoms with Gasteiger partial charge in [-0.25, -0.2) is 0 Å². The van der Waals surface area contributed by atoms with Gasteiger partial charge in [-0.15, -0.1) is 0 Å². The van der Waals surface area contributed by atoms with Gasteiger partial charge in [0.25, 0.3) is 0 Å². The Morgan fingerprint density at radius 3 is 2.15 bits per heavy atom. The van der Waals surface area contributed by atoms with Crippen LogP contribution in [0.3, 0.4) is 0 Å². The molecule has 0 saturated carbocycles. The van der Waals surface area contributed by atoms with Crippen LogP contribution in [-0.4, -0.2) is 10.9 Å². The van der Waals surface area contributed by atoms with Crippen LogP contribution in [0, 0.1) is 6.92 Å². The molecule has 0 heterocycles. The summed E-state index contributed by atoms with van der Waals surface area (Å²) in [4.78, 5) is 12.5. The van der Waals surface area contributed by atoms with E-state index in [4.69, 9.17) is 0 Å². The van der Waals surface area contributed by atoms with Crippen LogP contribution in [0.4, 0.5) is 0 Å². The fourth-order valence-corrected chi connectivity index (χ4v) is 2.24. The fourth-order valence-electron chi connectivity index (χ4n) is 2.24. The van der Waals surface area contributed by atoms with Gasteiger partial charge in [-0.1, -0.05) is 51.1 Å². The SMILES string of the molecule is Cc1cc(C(=O)c2ccccc2)cc(C(C)(C)C)c1O. The van der Waals surface area contributed by atoms with Gasteiger partial charge < -0.3 is 5.11 Å². The first-order valence-corrected chi connectivity index (χ1v) is 6.74. The first kappa shape index (κ1) is 14.3. The van der Waals surface area contributed by atoms with E-state index in [0.717, 1.165) is 11.1 Å². The molecule has 0 radical (unpaired) electrons. The number of aryl methyl sites for hydroxylation is 1. The van der Waals surface area contributed by atoms with Crippen LogP contribution >= 0.6 is 0 Å². The van der Waals surface area contributed by atoms with Crippen molar-refractivity contribution in [2.24, 2.45) is 0 Å². The lowest BCUT2D eigenvalue weighted by Gasteiger charge is -2.22. The third-order valence-electron chi connectivity index (χ3n) is 3.41. The number of benzene rings is 2. The third-order valence-corrected chi connectivity index (χ3v) is 3.41. The summed E-state index contributed by atoms with van der Waals surface area (Å²) < 4.78 is 0. The average Bonchev–Trinajstić information content (AvgIpc) is 2.40. The highest BCUT2D eigenvalue weighted by Crippen LogP contribution is 2.34. The standard InChI is InChI=1S/C18H20O2/c1-12-10-14(11-15(16(12)19)18(2,3)4)17(20)13-8-6-5-7-9-13/h5-11,19H,1-4H3. The van der Waals surface area contributed by atoms with Gasteiger partial charge in [0.05, 0.1) is 0 Å². The van der Waals surface area contributed by atoms with Crippen molar-refractivity contribution < 1.29 is 9.90 Å². The first-order chi connectivity index (χ1) is 9.30. The van der Waals surface area contributed by atoms with Crippen LogP contribution in [-0.2, 0) is 5.41 Å². The second-order valence-corrected chi connectivity index (χ2v) is 6.13. The molecular weight excluding hydrogens is 248 g/mol. The Kier molecular flexibility index (Phi) is 3.67. The minimum atomic E-state index is -0.207. The number of phenols is 1. The van der Waals surface area contributed by atoms with E-state index in [9.17, 15) is 9.90 Å². The molecule has 0 amide bonds. The van der Waals surface area contributed by atoms with E-state index in [1.54, 1.807) is 24.3 Å². The lowest BCUT2D eigenvalue weighted by atomic mass is 9.83. The van der Waals surface area contributed by atoms with Gasteiger partial charge in [-0.3, -0.25) is 4.79 Å². The molecule has 2 aromatic carbocycles. The molecule has 0 atom stereocenters. The van der Waals surface area contributed by atoms with Crippen LogP contribution < -0.4 is 0 Å². The molecule has 0 aromatic heterocycles. The maximum absolute atomic E-state index is 12.5. The zero-order valence-corrected chi connectivity index (χ0v) is 12.4. The molecule has 0 aliphatic heterocycles. The highest BCUT2D eigenvalue weighted by atomic mass is 16.3. The Labute approximate surface area is 120 Å². The molecule has 0 spiro atoms. The van der Waals surface area contributed by atoms with E-state index in [-0.39, 0.29) is 16.9 Å². The van der Waals surface area contributed by atoms with Crippen molar-refractivity contribution in [1.29, 1.82) is 0 Å². The number of carbonyl (C=O) groups is 1. The summed E-state index contributed by atoms with van der Waals surface area (Å²) in [6.45, 7) is 7.90. The number of rotatable bonds is 2. The lowest BCUT2D eigenvalue weighted by molar-refractivity contribution is 0.103. The molecule has 0 saturated heterocycles. The number of aromatic hydroxyl groups is 1. The molecule has 0 aliphatic carbocycles. The largest absolute Gasteiger partial charge is 0.507 e. The van der Waals surface area contributed by atoms with Crippen molar-refractivity contribution in [2.45, 2.75) is 33.1 Å². The molecule has 0 bridgehead atoms. The van der Waals surface area contributed by atoms with E-state index in [1.165, 1.54) is 0 Å². The van der Waals surface area contributed by atoms with Crippen molar-refractivity contribution in [1.82, 2.24) is 0 Å². The summed E-state index contributed by atoms with van der Waals surface area (Å²) in [5.74, 6) is 0.265. The minimum Gasteiger partial charge on any atom is -0.507 e. The van der Waals surface area contributed by atoms with Crippen molar-refractivity contribution in [3.8, 4) is 5.75 Å². The monoisotopic (exact) mass is 268 g/mol. The lowest BCUT2D eigenvalue weighted by Crippen LogP contribution is -2.14. The predicted octanol–water partition coefficient (Wildman–Crippen LogP) is 4.23. The topological polar surface area (TPSA) is 37.3 Å². The highest BCUT2D eigenvalue weighted by molar-refractivity contribution is 6.09. The Balaban J connectivity index is 2.54. The van der Waals surface area contributed by atoms with Crippen molar-refractivity contribution >= 4 is 5.78 Å². The third kappa shape index (κ3) is 2.74. The molecule has 0 aliphatic rings. The number of hydrogen-bond acceptors (Lipinski definition) is 2. The number of carbonyl (C=O) groups excluding carboxylic acids is 1. The van der Waals surface area contributed by atoms with E-state index in [2.05, 4.69) is 0 Å². The fraction of sp³-hybridized carbons (Fsp3) is 0.278. The average molecular weight is 268 g/mol. The minimum absolute atomic E-state index is 0.0146. The molecule has 0 fully saturated rings. The number of hydrogen-bond donors (Lipinski definition) is 1. The van der Waals surface area contributed by atoms with Crippen LogP contribution in [0.2, 0.25) is 0 Å². The quantitative estimate of drug-likeness (QED) is 0.828. The van der Waals surface area contributed by atoms with E-state index < -0.39 is 0 Å². The zero-order chi connectivity index (χ0) is 14.9. The predicted molar refractivity (Wildman–Crippen MR) is 81.4 cm³/mol.